The van der Waals surface area contributed by atoms with Crippen LogP contribution in [-0.4, -0.2) is 10.9 Å². The number of pyridine rings is 1. The molecule has 0 unspecified atom stereocenters. The highest BCUT2D eigenvalue weighted by Gasteiger charge is 2.02. The predicted molar refractivity (Wildman–Crippen MR) is 79.2 cm³/mol. The summed E-state index contributed by atoms with van der Waals surface area (Å²) >= 11 is 0. The lowest BCUT2D eigenvalue weighted by Crippen LogP contribution is -2.20. The van der Waals surface area contributed by atoms with Crippen LogP contribution in [0.4, 0.5) is 11.4 Å². The predicted octanol–water partition coefficient (Wildman–Crippen LogP) is 2.28. The molecule has 5 heteroatoms. The molecule has 0 atom stereocenters. The van der Waals surface area contributed by atoms with Crippen molar-refractivity contribution in [3.05, 3.63) is 42.5 Å². The molecule has 19 heavy (non-hydrogen) atoms. The maximum atomic E-state index is 7.23. The Morgan fingerprint density at radius 3 is 2.42 bits per heavy atom. The van der Waals surface area contributed by atoms with Crippen LogP contribution in [0.3, 0.4) is 0 Å². The molecule has 0 fully saturated rings. The zero-order valence-electron chi connectivity index (χ0n) is 10.1. The summed E-state index contributed by atoms with van der Waals surface area (Å²) in [6, 6.07) is 13.4. The second-order valence-corrected chi connectivity index (χ2v) is 4.39. The monoisotopic (exact) mass is 251 g/mol. The molecule has 0 saturated heterocycles. The SMILES string of the molecule is N=C(N)Nc1ccc2cc3ccc(N)cc3nc2c1. The van der Waals surface area contributed by atoms with Gasteiger partial charge in [-0.3, -0.25) is 5.41 Å². The van der Waals surface area contributed by atoms with Gasteiger partial charge in [0.15, 0.2) is 5.96 Å². The second kappa shape index (κ2) is 4.13. The number of anilines is 2. The van der Waals surface area contributed by atoms with Crippen LogP contribution in [0.15, 0.2) is 42.5 Å². The molecule has 1 heterocycles. The molecule has 0 spiro atoms. The molecule has 0 radical (unpaired) electrons. The first-order valence-electron chi connectivity index (χ1n) is 5.83. The lowest BCUT2D eigenvalue weighted by Gasteiger charge is -2.06. The number of benzene rings is 2. The number of fused-ring (bicyclic) bond motifs is 2. The third kappa shape index (κ3) is 2.13. The van der Waals surface area contributed by atoms with E-state index >= 15 is 0 Å². The van der Waals surface area contributed by atoms with Crippen molar-refractivity contribution in [2.75, 3.05) is 11.1 Å². The standard InChI is InChI=1S/C14H13N5/c15-10-3-1-8-5-9-2-4-11(18-14(16)17)7-13(9)19-12(8)6-10/h1-7H,15H2,(H4,16,17,18). The van der Waals surface area contributed by atoms with Crippen LogP contribution in [-0.2, 0) is 0 Å². The first-order valence-corrected chi connectivity index (χ1v) is 5.83. The minimum atomic E-state index is -0.0932. The van der Waals surface area contributed by atoms with Gasteiger partial charge in [-0.05, 0) is 30.3 Å². The summed E-state index contributed by atoms with van der Waals surface area (Å²) in [7, 11) is 0. The Bertz CT molecular complexity index is 794. The van der Waals surface area contributed by atoms with Crippen molar-refractivity contribution < 1.29 is 0 Å². The van der Waals surface area contributed by atoms with E-state index in [1.54, 1.807) is 0 Å². The Morgan fingerprint density at radius 2 is 1.68 bits per heavy atom. The second-order valence-electron chi connectivity index (χ2n) is 4.39. The van der Waals surface area contributed by atoms with Crippen LogP contribution in [0, 0.1) is 5.41 Å². The van der Waals surface area contributed by atoms with E-state index in [4.69, 9.17) is 16.9 Å². The normalized spacial score (nSPS) is 10.7. The Labute approximate surface area is 109 Å². The number of nitrogen functional groups attached to an aromatic ring is 1. The Kier molecular flexibility index (Phi) is 2.45. The quantitative estimate of drug-likeness (QED) is 0.231. The number of nitrogens with zero attached hydrogens (tertiary/aromatic N) is 1. The van der Waals surface area contributed by atoms with E-state index in [0.717, 1.165) is 27.5 Å². The molecule has 0 aliphatic carbocycles. The fourth-order valence-corrected chi connectivity index (χ4v) is 2.07. The lowest BCUT2D eigenvalue weighted by atomic mass is 10.1. The van der Waals surface area contributed by atoms with Crippen molar-refractivity contribution in [2.45, 2.75) is 0 Å². The van der Waals surface area contributed by atoms with Gasteiger partial charge in [-0.25, -0.2) is 4.98 Å². The van der Waals surface area contributed by atoms with Crippen molar-refractivity contribution in [3.63, 3.8) is 0 Å². The van der Waals surface area contributed by atoms with Gasteiger partial charge in [0, 0.05) is 22.1 Å². The molecule has 0 aliphatic rings. The summed E-state index contributed by atoms with van der Waals surface area (Å²) in [6.07, 6.45) is 0. The van der Waals surface area contributed by atoms with Crippen LogP contribution in [0.5, 0.6) is 0 Å². The number of guanidine groups is 1. The molecule has 6 N–H and O–H groups in total. The van der Waals surface area contributed by atoms with Crippen LogP contribution >= 0.6 is 0 Å². The smallest absolute Gasteiger partial charge is 0.190 e. The lowest BCUT2D eigenvalue weighted by molar-refractivity contribution is 1.41. The highest BCUT2D eigenvalue weighted by molar-refractivity contribution is 5.97. The van der Waals surface area contributed by atoms with Gasteiger partial charge in [0.1, 0.15) is 0 Å². The number of hydrogen-bond acceptors (Lipinski definition) is 3. The van der Waals surface area contributed by atoms with Gasteiger partial charge in [0.2, 0.25) is 0 Å². The van der Waals surface area contributed by atoms with Gasteiger partial charge in [-0.2, -0.15) is 0 Å². The molecule has 94 valence electrons. The number of rotatable bonds is 1. The van der Waals surface area contributed by atoms with E-state index in [-0.39, 0.29) is 5.96 Å². The third-order valence-electron chi connectivity index (χ3n) is 2.92. The first kappa shape index (κ1) is 11.3. The highest BCUT2D eigenvalue weighted by atomic mass is 15.0. The van der Waals surface area contributed by atoms with Crippen molar-refractivity contribution in [2.24, 2.45) is 5.73 Å². The summed E-state index contributed by atoms with van der Waals surface area (Å²) in [5.41, 5.74) is 14.2. The Balaban J connectivity index is 2.21. The molecule has 5 nitrogen and oxygen atoms in total. The first-order chi connectivity index (χ1) is 9.11. The summed E-state index contributed by atoms with van der Waals surface area (Å²) < 4.78 is 0. The minimum Gasteiger partial charge on any atom is -0.399 e. The van der Waals surface area contributed by atoms with E-state index in [2.05, 4.69) is 16.4 Å². The fourth-order valence-electron chi connectivity index (χ4n) is 2.07. The number of nitrogens with two attached hydrogens (primary N) is 2. The van der Waals surface area contributed by atoms with Gasteiger partial charge in [-0.15, -0.1) is 0 Å². The van der Waals surface area contributed by atoms with E-state index in [1.807, 2.05) is 36.4 Å². The van der Waals surface area contributed by atoms with Gasteiger partial charge >= 0.3 is 0 Å². The molecule has 0 saturated carbocycles. The summed E-state index contributed by atoms with van der Waals surface area (Å²) in [5, 5.41) is 12.1. The number of hydrogen-bond donors (Lipinski definition) is 4. The van der Waals surface area contributed by atoms with Crippen LogP contribution in [0.2, 0.25) is 0 Å². The van der Waals surface area contributed by atoms with E-state index in [9.17, 15) is 0 Å². The van der Waals surface area contributed by atoms with Gasteiger partial charge in [-0.1, -0.05) is 12.1 Å². The van der Waals surface area contributed by atoms with Gasteiger partial charge in [0.05, 0.1) is 11.0 Å². The van der Waals surface area contributed by atoms with Crippen molar-refractivity contribution >= 4 is 39.1 Å². The maximum Gasteiger partial charge on any atom is 0.190 e. The third-order valence-corrected chi connectivity index (χ3v) is 2.92. The molecular formula is C14H13N5. The topological polar surface area (TPSA) is 101 Å². The van der Waals surface area contributed by atoms with Gasteiger partial charge < -0.3 is 16.8 Å². The zero-order chi connectivity index (χ0) is 13.4. The molecule has 2 aromatic carbocycles. The molecule has 3 aromatic rings. The van der Waals surface area contributed by atoms with Crippen molar-refractivity contribution in [3.8, 4) is 0 Å². The zero-order valence-corrected chi connectivity index (χ0v) is 10.1. The van der Waals surface area contributed by atoms with Crippen molar-refractivity contribution in [1.82, 2.24) is 4.98 Å². The van der Waals surface area contributed by atoms with Crippen LogP contribution in [0.25, 0.3) is 21.8 Å². The van der Waals surface area contributed by atoms with Crippen LogP contribution in [0.1, 0.15) is 0 Å². The summed E-state index contributed by atoms with van der Waals surface area (Å²) in [6.45, 7) is 0. The van der Waals surface area contributed by atoms with E-state index in [1.165, 1.54) is 0 Å². The van der Waals surface area contributed by atoms with E-state index in [0.29, 0.717) is 5.69 Å². The average Bonchev–Trinajstić information content (AvgIpc) is 2.35. The molecule has 0 amide bonds. The number of aromatic nitrogens is 1. The molecule has 1 aromatic heterocycles. The van der Waals surface area contributed by atoms with E-state index < -0.39 is 0 Å². The summed E-state index contributed by atoms with van der Waals surface area (Å²) in [4.78, 5) is 4.58. The molecule has 0 aliphatic heterocycles. The largest absolute Gasteiger partial charge is 0.399 e. The highest BCUT2D eigenvalue weighted by Crippen LogP contribution is 2.23. The molecule has 3 rings (SSSR count). The number of nitrogens with one attached hydrogen (secondary N) is 2. The minimum absolute atomic E-state index is 0.0932. The van der Waals surface area contributed by atoms with Crippen molar-refractivity contribution in [1.29, 1.82) is 5.41 Å². The summed E-state index contributed by atoms with van der Waals surface area (Å²) in [5.74, 6) is -0.0932. The molecule has 0 bridgehead atoms. The Hall–Kier alpha value is -2.82. The van der Waals surface area contributed by atoms with Gasteiger partial charge in [0.25, 0.3) is 0 Å². The maximum absolute atomic E-state index is 7.23. The average molecular weight is 251 g/mol. The Morgan fingerprint density at radius 1 is 1.00 bits per heavy atom. The molecular weight excluding hydrogens is 238 g/mol. The fraction of sp³-hybridized carbons (Fsp3) is 0. The van der Waals surface area contributed by atoms with Crippen LogP contribution < -0.4 is 16.8 Å².